The van der Waals surface area contributed by atoms with Crippen molar-refractivity contribution in [1.82, 2.24) is 0 Å². The normalized spacial score (nSPS) is 11.2. The van der Waals surface area contributed by atoms with Gasteiger partial charge in [-0.25, -0.2) is 12.8 Å². The highest BCUT2D eigenvalue weighted by Crippen LogP contribution is 2.30. The Hall–Kier alpha value is -1.99. The maximum Gasteiger partial charge on any atom is 0.261 e. The van der Waals surface area contributed by atoms with Crippen LogP contribution in [0.4, 0.5) is 10.1 Å². The number of hydrogen-bond donors (Lipinski definition) is 2. The minimum absolute atomic E-state index is 0.0631. The van der Waals surface area contributed by atoms with Crippen molar-refractivity contribution < 1.29 is 22.7 Å². The molecule has 112 valence electrons. The lowest BCUT2D eigenvalue weighted by molar-refractivity contribution is 0.414. The Kier molecular flexibility index (Phi) is 4.24. The van der Waals surface area contributed by atoms with Crippen LogP contribution in [0.1, 0.15) is 0 Å². The number of aromatic hydroxyl groups is 1. The van der Waals surface area contributed by atoms with Gasteiger partial charge in [-0.15, -0.1) is 0 Å². The Bertz CT molecular complexity index is 762. The number of methoxy groups -OCH3 is 1. The van der Waals surface area contributed by atoms with Crippen molar-refractivity contribution in [2.24, 2.45) is 0 Å². The number of ether oxygens (including phenoxy) is 1. The zero-order valence-electron chi connectivity index (χ0n) is 10.8. The third kappa shape index (κ3) is 3.37. The first-order valence-corrected chi connectivity index (χ1v) is 7.54. The summed E-state index contributed by atoms with van der Waals surface area (Å²) in [7, 11) is -2.52. The smallest absolute Gasteiger partial charge is 0.261 e. The highest BCUT2D eigenvalue weighted by molar-refractivity contribution is 7.92. The van der Waals surface area contributed by atoms with Gasteiger partial charge >= 0.3 is 0 Å². The monoisotopic (exact) mass is 331 g/mol. The van der Waals surface area contributed by atoms with Crippen LogP contribution in [0, 0.1) is 5.82 Å². The molecule has 0 unspecified atom stereocenters. The van der Waals surface area contributed by atoms with E-state index in [1.165, 1.54) is 31.4 Å². The van der Waals surface area contributed by atoms with E-state index in [0.717, 1.165) is 12.1 Å². The van der Waals surface area contributed by atoms with Gasteiger partial charge in [0.1, 0.15) is 11.5 Å². The SMILES string of the molecule is COc1ccc(S(=O)(=O)Nc2cc(Cl)c(O)cc2F)cc1. The number of rotatable bonds is 4. The lowest BCUT2D eigenvalue weighted by atomic mass is 10.3. The summed E-state index contributed by atoms with van der Waals surface area (Å²) in [6.45, 7) is 0. The second-order valence-corrected chi connectivity index (χ2v) is 6.15. The number of sulfonamides is 1. The quantitative estimate of drug-likeness (QED) is 0.844. The minimum Gasteiger partial charge on any atom is -0.506 e. The van der Waals surface area contributed by atoms with Crippen LogP contribution in [0.2, 0.25) is 5.02 Å². The van der Waals surface area contributed by atoms with Gasteiger partial charge in [0.25, 0.3) is 10.0 Å². The molecule has 2 N–H and O–H groups in total. The van der Waals surface area contributed by atoms with Crippen LogP contribution in [-0.2, 0) is 10.0 Å². The third-order valence-corrected chi connectivity index (χ3v) is 4.33. The van der Waals surface area contributed by atoms with Gasteiger partial charge in [0.05, 0.1) is 22.7 Å². The molecule has 5 nitrogen and oxygen atoms in total. The number of phenols is 1. The predicted octanol–water partition coefficient (Wildman–Crippen LogP) is 2.99. The van der Waals surface area contributed by atoms with Gasteiger partial charge < -0.3 is 9.84 Å². The van der Waals surface area contributed by atoms with E-state index in [2.05, 4.69) is 4.72 Å². The molecule has 0 aromatic heterocycles. The number of halogens is 2. The van der Waals surface area contributed by atoms with Crippen molar-refractivity contribution in [3.63, 3.8) is 0 Å². The van der Waals surface area contributed by atoms with Gasteiger partial charge in [-0.2, -0.15) is 0 Å². The molecule has 0 bridgehead atoms. The van der Waals surface area contributed by atoms with Gasteiger partial charge in [0.2, 0.25) is 0 Å². The number of benzene rings is 2. The van der Waals surface area contributed by atoms with E-state index in [9.17, 15) is 17.9 Å². The third-order valence-electron chi connectivity index (χ3n) is 2.65. The van der Waals surface area contributed by atoms with Gasteiger partial charge in [-0.05, 0) is 30.3 Å². The molecule has 0 saturated carbocycles. The van der Waals surface area contributed by atoms with E-state index in [1.54, 1.807) is 0 Å². The van der Waals surface area contributed by atoms with Crippen LogP contribution < -0.4 is 9.46 Å². The van der Waals surface area contributed by atoms with Gasteiger partial charge in [0.15, 0.2) is 5.82 Å². The molecule has 2 aromatic rings. The van der Waals surface area contributed by atoms with E-state index in [0.29, 0.717) is 5.75 Å². The van der Waals surface area contributed by atoms with Crippen LogP contribution in [-0.4, -0.2) is 20.6 Å². The first-order chi connectivity index (χ1) is 9.83. The fourth-order valence-corrected chi connectivity index (χ4v) is 2.79. The lowest BCUT2D eigenvalue weighted by Gasteiger charge is -2.10. The maximum atomic E-state index is 13.6. The van der Waals surface area contributed by atoms with Gasteiger partial charge in [0, 0.05) is 6.07 Å². The van der Waals surface area contributed by atoms with Gasteiger partial charge in [-0.3, -0.25) is 4.72 Å². The molecule has 0 fully saturated rings. The lowest BCUT2D eigenvalue weighted by Crippen LogP contribution is -2.14. The molecule has 0 aliphatic carbocycles. The molecule has 2 aromatic carbocycles. The first kappa shape index (κ1) is 15.4. The molecule has 2 rings (SSSR count). The summed E-state index contributed by atoms with van der Waals surface area (Å²) >= 11 is 5.63. The van der Waals surface area contributed by atoms with Crippen molar-refractivity contribution >= 4 is 27.3 Å². The van der Waals surface area contributed by atoms with Crippen molar-refractivity contribution in [2.75, 3.05) is 11.8 Å². The summed E-state index contributed by atoms with van der Waals surface area (Å²) < 4.78 is 44.9. The Labute approximate surface area is 126 Å². The second kappa shape index (κ2) is 5.79. The molecular formula is C13H11ClFNO4S. The molecule has 8 heteroatoms. The predicted molar refractivity (Wildman–Crippen MR) is 76.9 cm³/mol. The Morgan fingerprint density at radius 2 is 1.86 bits per heavy atom. The minimum atomic E-state index is -3.98. The zero-order chi connectivity index (χ0) is 15.6. The van der Waals surface area contributed by atoms with Crippen LogP contribution in [0.15, 0.2) is 41.3 Å². The maximum absolute atomic E-state index is 13.6. The molecule has 0 aliphatic heterocycles. The fraction of sp³-hybridized carbons (Fsp3) is 0.0769. The number of nitrogens with one attached hydrogen (secondary N) is 1. The van der Waals surface area contributed by atoms with Crippen molar-refractivity contribution in [2.45, 2.75) is 4.90 Å². The highest BCUT2D eigenvalue weighted by Gasteiger charge is 2.17. The summed E-state index contributed by atoms with van der Waals surface area (Å²) in [4.78, 5) is -0.0631. The number of phenolic OH excluding ortho intramolecular Hbond substituents is 1. The Balaban J connectivity index is 2.34. The average molecular weight is 332 g/mol. The summed E-state index contributed by atoms with van der Waals surface area (Å²) in [6, 6.07) is 7.30. The molecular weight excluding hydrogens is 321 g/mol. The zero-order valence-corrected chi connectivity index (χ0v) is 12.4. The summed E-state index contributed by atoms with van der Waals surface area (Å²) in [6.07, 6.45) is 0. The van der Waals surface area contributed by atoms with E-state index in [1.807, 2.05) is 0 Å². The van der Waals surface area contributed by atoms with Crippen LogP contribution >= 0.6 is 11.6 Å². The average Bonchev–Trinajstić information content (AvgIpc) is 2.44. The first-order valence-electron chi connectivity index (χ1n) is 5.68. The molecule has 21 heavy (non-hydrogen) atoms. The van der Waals surface area contributed by atoms with Crippen LogP contribution in [0.3, 0.4) is 0 Å². The molecule has 0 spiro atoms. The van der Waals surface area contributed by atoms with Crippen LogP contribution in [0.25, 0.3) is 0 Å². The molecule has 0 radical (unpaired) electrons. The molecule has 0 aliphatic rings. The molecule has 0 heterocycles. The largest absolute Gasteiger partial charge is 0.506 e. The van der Waals surface area contributed by atoms with Gasteiger partial charge in [-0.1, -0.05) is 11.6 Å². The van der Waals surface area contributed by atoms with E-state index in [-0.39, 0.29) is 15.6 Å². The van der Waals surface area contributed by atoms with E-state index in [4.69, 9.17) is 16.3 Å². The number of anilines is 1. The van der Waals surface area contributed by atoms with Crippen molar-refractivity contribution in [3.05, 3.63) is 47.2 Å². The van der Waals surface area contributed by atoms with Crippen LogP contribution in [0.5, 0.6) is 11.5 Å². The van der Waals surface area contributed by atoms with Crippen molar-refractivity contribution in [1.29, 1.82) is 0 Å². The topological polar surface area (TPSA) is 75.6 Å². The summed E-state index contributed by atoms with van der Waals surface area (Å²) in [5, 5.41) is 9.07. The Morgan fingerprint density at radius 1 is 1.24 bits per heavy atom. The molecule has 0 saturated heterocycles. The van der Waals surface area contributed by atoms with Crippen molar-refractivity contribution in [3.8, 4) is 11.5 Å². The number of hydrogen-bond acceptors (Lipinski definition) is 4. The van der Waals surface area contributed by atoms with E-state index >= 15 is 0 Å². The fourth-order valence-electron chi connectivity index (χ4n) is 1.57. The summed E-state index contributed by atoms with van der Waals surface area (Å²) in [5.41, 5.74) is -0.353. The standard InChI is InChI=1S/C13H11ClFNO4S/c1-20-8-2-4-9(5-3-8)21(18,19)16-12-6-10(14)13(17)7-11(12)15/h2-7,16-17H,1H3. The Morgan fingerprint density at radius 3 is 2.43 bits per heavy atom. The second-order valence-electron chi connectivity index (χ2n) is 4.06. The molecule has 0 atom stereocenters. The highest BCUT2D eigenvalue weighted by atomic mass is 35.5. The molecule has 0 amide bonds. The van der Waals surface area contributed by atoms with E-state index < -0.39 is 21.6 Å². The summed E-state index contributed by atoms with van der Waals surface area (Å²) in [5.74, 6) is -0.914.